The van der Waals surface area contributed by atoms with E-state index in [0.29, 0.717) is 51.7 Å². The van der Waals surface area contributed by atoms with E-state index in [1.807, 2.05) is 6.92 Å². The second-order valence-corrected chi connectivity index (χ2v) is 12.5. The van der Waals surface area contributed by atoms with Gasteiger partial charge in [0, 0.05) is 11.3 Å². The summed E-state index contributed by atoms with van der Waals surface area (Å²) >= 11 is 2.52. The largest absolute Gasteiger partial charge is 0.507 e. The van der Waals surface area contributed by atoms with Crippen molar-refractivity contribution in [2.24, 2.45) is 0 Å². The van der Waals surface area contributed by atoms with Crippen LogP contribution in [-0.2, 0) is 15.3 Å². The molecule has 1 atom stereocenters. The molecule has 46 heavy (non-hydrogen) atoms. The summed E-state index contributed by atoms with van der Waals surface area (Å²) < 4.78 is 31.1. The summed E-state index contributed by atoms with van der Waals surface area (Å²) in [7, 11) is 1.53. The topological polar surface area (TPSA) is 111 Å². The van der Waals surface area contributed by atoms with E-state index in [-0.39, 0.29) is 22.3 Å². The number of carbonyl (C=O) groups is 2. The van der Waals surface area contributed by atoms with E-state index in [0.717, 1.165) is 36.2 Å². The highest BCUT2D eigenvalue weighted by Crippen LogP contribution is 2.45. The molecule has 2 heterocycles. The Labute approximate surface area is 275 Å². The monoisotopic (exact) mass is 663 g/mol. The number of carbonyl (C=O) groups excluding carboxylic acids is 2. The lowest BCUT2D eigenvalue weighted by atomic mass is 9.95. The Hall–Kier alpha value is -4.42. The number of benzene rings is 3. The number of amides is 1. The molecule has 1 N–H and O–H groups in total. The second-order valence-electron chi connectivity index (χ2n) is 10.4. The Morgan fingerprint density at radius 3 is 2.43 bits per heavy atom. The number of aliphatic hydroxyl groups is 1. The minimum atomic E-state index is -1.03. The number of rotatable bonds is 14. The zero-order valence-corrected chi connectivity index (χ0v) is 27.3. The summed E-state index contributed by atoms with van der Waals surface area (Å²) in [6.07, 6.45) is 2.99. The fourth-order valence-corrected chi connectivity index (χ4v) is 6.77. The first-order valence-corrected chi connectivity index (χ1v) is 16.7. The van der Waals surface area contributed by atoms with E-state index < -0.39 is 17.7 Å². The van der Waals surface area contributed by atoms with Crippen LogP contribution in [0.2, 0.25) is 0 Å². The molecule has 1 unspecified atom stereocenters. The molecule has 0 spiro atoms. The van der Waals surface area contributed by atoms with Gasteiger partial charge in [0.2, 0.25) is 5.13 Å². The van der Waals surface area contributed by atoms with Gasteiger partial charge >= 0.3 is 5.91 Å². The number of thioether (sulfide) groups is 1. The number of halogens is 1. The SMILES string of the molecule is CCCCCOc1ccc(C2C(=C(O)c3ccc(OC)cc3)C(=O)C(=O)N2c2nnc(SCc3ccc(F)cc3)s2)cc1OCC. The van der Waals surface area contributed by atoms with Crippen molar-refractivity contribution >= 4 is 45.7 Å². The first-order valence-electron chi connectivity index (χ1n) is 14.9. The second kappa shape index (κ2) is 15.2. The molecular formula is C34H34FN3O6S2. The van der Waals surface area contributed by atoms with E-state index in [9.17, 15) is 19.1 Å². The van der Waals surface area contributed by atoms with Gasteiger partial charge in [0.25, 0.3) is 5.78 Å². The molecule has 0 radical (unpaired) electrons. The average Bonchev–Trinajstić information content (AvgIpc) is 3.64. The number of nitrogens with zero attached hydrogens (tertiary/aromatic N) is 3. The Bertz CT molecular complexity index is 1710. The van der Waals surface area contributed by atoms with Crippen LogP contribution >= 0.6 is 23.1 Å². The minimum absolute atomic E-state index is 0.0926. The maximum atomic E-state index is 13.7. The molecular weight excluding hydrogens is 630 g/mol. The van der Waals surface area contributed by atoms with E-state index in [1.54, 1.807) is 54.6 Å². The Balaban J connectivity index is 1.54. The number of ether oxygens (including phenoxy) is 3. The minimum Gasteiger partial charge on any atom is -0.507 e. The van der Waals surface area contributed by atoms with Crippen molar-refractivity contribution in [3.8, 4) is 17.2 Å². The highest BCUT2D eigenvalue weighted by atomic mass is 32.2. The predicted octanol–water partition coefficient (Wildman–Crippen LogP) is 7.57. The molecule has 12 heteroatoms. The molecule has 1 saturated heterocycles. The maximum Gasteiger partial charge on any atom is 0.301 e. The van der Waals surface area contributed by atoms with Crippen molar-refractivity contribution in [3.63, 3.8) is 0 Å². The van der Waals surface area contributed by atoms with Crippen LogP contribution in [0.5, 0.6) is 17.2 Å². The van der Waals surface area contributed by atoms with E-state index in [2.05, 4.69) is 17.1 Å². The Kier molecular flexibility index (Phi) is 10.9. The fourth-order valence-electron chi connectivity index (χ4n) is 4.95. The number of hydrogen-bond donors (Lipinski definition) is 1. The van der Waals surface area contributed by atoms with Gasteiger partial charge in [0.15, 0.2) is 15.8 Å². The number of ketones is 1. The lowest BCUT2D eigenvalue weighted by molar-refractivity contribution is -0.132. The summed E-state index contributed by atoms with van der Waals surface area (Å²) in [6.45, 7) is 4.86. The van der Waals surface area contributed by atoms with Crippen molar-refractivity contribution in [1.29, 1.82) is 0 Å². The van der Waals surface area contributed by atoms with Crippen LogP contribution in [0.15, 0.2) is 76.6 Å². The van der Waals surface area contributed by atoms with Crippen LogP contribution in [0.25, 0.3) is 5.76 Å². The van der Waals surface area contributed by atoms with Gasteiger partial charge in [-0.2, -0.15) is 0 Å². The lowest BCUT2D eigenvalue weighted by Crippen LogP contribution is -2.29. The lowest BCUT2D eigenvalue weighted by Gasteiger charge is -2.23. The quantitative estimate of drug-likeness (QED) is 0.0365. The number of anilines is 1. The van der Waals surface area contributed by atoms with Crippen molar-refractivity contribution in [3.05, 3.63) is 94.8 Å². The Morgan fingerprint density at radius 1 is 0.978 bits per heavy atom. The van der Waals surface area contributed by atoms with Crippen LogP contribution in [0, 0.1) is 5.82 Å². The summed E-state index contributed by atoms with van der Waals surface area (Å²) in [6, 6.07) is 16.9. The van der Waals surface area contributed by atoms with Crippen molar-refractivity contribution in [1.82, 2.24) is 10.2 Å². The van der Waals surface area contributed by atoms with Crippen LogP contribution in [0.1, 0.15) is 55.8 Å². The van der Waals surface area contributed by atoms with Gasteiger partial charge in [-0.25, -0.2) is 4.39 Å². The van der Waals surface area contributed by atoms with Crippen LogP contribution in [0.3, 0.4) is 0 Å². The third-order valence-electron chi connectivity index (χ3n) is 7.27. The van der Waals surface area contributed by atoms with Crippen molar-refractivity contribution < 1.29 is 33.3 Å². The van der Waals surface area contributed by atoms with Crippen LogP contribution < -0.4 is 19.1 Å². The summed E-state index contributed by atoms with van der Waals surface area (Å²) in [5.74, 6) is -0.266. The first-order chi connectivity index (χ1) is 22.3. The first kappa shape index (κ1) is 33.0. The number of hydrogen-bond acceptors (Lipinski definition) is 10. The number of unbranched alkanes of at least 4 members (excludes halogenated alkanes) is 2. The molecule has 0 saturated carbocycles. The summed E-state index contributed by atoms with van der Waals surface area (Å²) in [5, 5.41) is 20.2. The molecule has 1 aliphatic heterocycles. The molecule has 0 aliphatic carbocycles. The standard InChI is InChI=1S/C34H34FN3O6S2/c1-4-6-7-18-44-26-17-12-23(19-27(26)43-5-2)29-28(30(39)22-10-15-25(42-3)16-11-22)31(40)32(41)38(29)33-36-37-34(46-33)45-20-21-8-13-24(35)14-9-21/h8-17,19,29,39H,4-7,18,20H2,1-3H3. The number of Topliss-reactive ketones (excluding diaryl/α,β-unsaturated/α-hetero) is 1. The summed E-state index contributed by atoms with van der Waals surface area (Å²) in [5.41, 5.74) is 1.67. The van der Waals surface area contributed by atoms with Gasteiger partial charge in [-0.15, -0.1) is 10.2 Å². The third kappa shape index (κ3) is 7.34. The predicted molar refractivity (Wildman–Crippen MR) is 176 cm³/mol. The number of aliphatic hydroxyl groups excluding tert-OH is 1. The van der Waals surface area contributed by atoms with Gasteiger partial charge in [0.1, 0.15) is 17.3 Å². The molecule has 1 aliphatic rings. The molecule has 4 aromatic rings. The van der Waals surface area contributed by atoms with Crippen LogP contribution in [0.4, 0.5) is 9.52 Å². The average molecular weight is 664 g/mol. The zero-order valence-electron chi connectivity index (χ0n) is 25.7. The van der Waals surface area contributed by atoms with Gasteiger partial charge in [-0.3, -0.25) is 14.5 Å². The zero-order chi connectivity index (χ0) is 32.6. The molecule has 0 bridgehead atoms. The van der Waals surface area contributed by atoms with Gasteiger partial charge in [-0.05, 0) is 73.0 Å². The number of aromatic nitrogens is 2. The van der Waals surface area contributed by atoms with Crippen molar-refractivity contribution in [2.45, 2.75) is 49.2 Å². The summed E-state index contributed by atoms with van der Waals surface area (Å²) in [4.78, 5) is 28.6. The number of methoxy groups -OCH3 is 1. The van der Waals surface area contributed by atoms with Gasteiger partial charge in [0.05, 0.1) is 31.9 Å². The normalized spacial score (nSPS) is 15.7. The highest BCUT2D eigenvalue weighted by molar-refractivity contribution is 8.00. The molecule has 1 aromatic heterocycles. The van der Waals surface area contributed by atoms with Crippen molar-refractivity contribution in [2.75, 3.05) is 25.2 Å². The van der Waals surface area contributed by atoms with Crippen LogP contribution in [-0.4, -0.2) is 47.3 Å². The molecule has 3 aromatic carbocycles. The van der Waals surface area contributed by atoms with E-state index in [1.165, 1.54) is 35.9 Å². The van der Waals surface area contributed by atoms with Gasteiger partial charge in [-0.1, -0.05) is 61.1 Å². The molecule has 9 nitrogen and oxygen atoms in total. The maximum absolute atomic E-state index is 13.7. The highest BCUT2D eigenvalue weighted by Gasteiger charge is 2.48. The smallest absolute Gasteiger partial charge is 0.301 e. The third-order valence-corrected chi connectivity index (χ3v) is 9.40. The molecule has 5 rings (SSSR count). The molecule has 240 valence electrons. The Morgan fingerprint density at radius 2 is 1.74 bits per heavy atom. The van der Waals surface area contributed by atoms with E-state index >= 15 is 0 Å². The van der Waals surface area contributed by atoms with E-state index in [4.69, 9.17) is 14.2 Å². The molecule has 1 fully saturated rings. The fraction of sp³-hybridized carbons (Fsp3) is 0.294. The van der Waals surface area contributed by atoms with Gasteiger partial charge < -0.3 is 19.3 Å². The molecule has 1 amide bonds.